The lowest BCUT2D eigenvalue weighted by molar-refractivity contribution is -0.208. The molecule has 0 bridgehead atoms. The second-order valence-corrected chi connectivity index (χ2v) is 6.20. The molecule has 0 radical (unpaired) electrons. The lowest BCUT2D eigenvalue weighted by Gasteiger charge is -2.28. The standard InChI is InChI=1S/C17H28O5/c1-2-16(19)20-15(12-18)11-17(21-13-7-3-4-8-13)22-14-9-5-6-10-14/h2,13-15,17-18H,1,3-12H2. The summed E-state index contributed by atoms with van der Waals surface area (Å²) in [7, 11) is 0. The van der Waals surface area contributed by atoms with Crippen LogP contribution in [0.5, 0.6) is 0 Å². The number of hydrogen-bond acceptors (Lipinski definition) is 5. The van der Waals surface area contributed by atoms with Gasteiger partial charge in [0, 0.05) is 12.5 Å². The van der Waals surface area contributed by atoms with Crippen LogP contribution in [0.15, 0.2) is 12.7 Å². The molecule has 0 saturated heterocycles. The smallest absolute Gasteiger partial charge is 0.330 e. The molecule has 0 heterocycles. The van der Waals surface area contributed by atoms with Crippen molar-refractivity contribution in [1.82, 2.24) is 0 Å². The van der Waals surface area contributed by atoms with Gasteiger partial charge in [-0.3, -0.25) is 0 Å². The van der Waals surface area contributed by atoms with Crippen LogP contribution in [0, 0.1) is 0 Å². The summed E-state index contributed by atoms with van der Waals surface area (Å²) >= 11 is 0. The molecule has 2 aliphatic carbocycles. The molecule has 1 unspecified atom stereocenters. The summed E-state index contributed by atoms with van der Waals surface area (Å²) < 4.78 is 17.3. The highest BCUT2D eigenvalue weighted by Gasteiger charge is 2.28. The van der Waals surface area contributed by atoms with Crippen molar-refractivity contribution >= 4 is 5.97 Å². The normalized spacial score (nSPS) is 21.4. The van der Waals surface area contributed by atoms with Crippen LogP contribution in [-0.2, 0) is 19.0 Å². The minimum atomic E-state index is -0.613. The molecule has 0 aromatic heterocycles. The highest BCUT2D eigenvalue weighted by Crippen LogP contribution is 2.28. The Morgan fingerprint density at radius 2 is 1.59 bits per heavy atom. The molecule has 1 atom stereocenters. The van der Waals surface area contributed by atoms with E-state index < -0.39 is 18.4 Å². The maximum absolute atomic E-state index is 11.3. The third kappa shape index (κ3) is 5.71. The van der Waals surface area contributed by atoms with Crippen LogP contribution in [0.3, 0.4) is 0 Å². The molecular formula is C17H28O5. The fraction of sp³-hybridized carbons (Fsp3) is 0.824. The van der Waals surface area contributed by atoms with Crippen molar-refractivity contribution in [3.63, 3.8) is 0 Å². The summed E-state index contributed by atoms with van der Waals surface area (Å²) in [4.78, 5) is 11.3. The molecule has 2 fully saturated rings. The van der Waals surface area contributed by atoms with Crippen molar-refractivity contribution in [3.05, 3.63) is 12.7 Å². The maximum Gasteiger partial charge on any atom is 0.330 e. The molecule has 0 aromatic rings. The Bertz CT molecular complexity index is 327. The number of carbonyl (C=O) groups is 1. The van der Waals surface area contributed by atoms with Gasteiger partial charge in [0.1, 0.15) is 6.10 Å². The SMILES string of the molecule is C=CC(=O)OC(CO)CC(OC1CCCC1)OC1CCCC1. The van der Waals surface area contributed by atoms with E-state index in [1.54, 1.807) is 0 Å². The number of rotatable bonds is 9. The van der Waals surface area contributed by atoms with Gasteiger partial charge in [0.2, 0.25) is 0 Å². The Balaban J connectivity index is 1.88. The zero-order chi connectivity index (χ0) is 15.8. The predicted octanol–water partition coefficient (Wildman–Crippen LogP) is 2.71. The van der Waals surface area contributed by atoms with Gasteiger partial charge in [-0.25, -0.2) is 4.79 Å². The van der Waals surface area contributed by atoms with E-state index in [4.69, 9.17) is 14.2 Å². The van der Waals surface area contributed by atoms with Crippen molar-refractivity contribution in [2.45, 2.75) is 82.4 Å². The van der Waals surface area contributed by atoms with Crippen LogP contribution in [-0.4, -0.2) is 42.3 Å². The minimum absolute atomic E-state index is 0.223. The summed E-state index contributed by atoms with van der Waals surface area (Å²) in [5, 5.41) is 9.42. The highest BCUT2D eigenvalue weighted by atomic mass is 16.7. The fourth-order valence-corrected chi connectivity index (χ4v) is 3.21. The second kappa shape index (κ2) is 9.28. The summed E-state index contributed by atoms with van der Waals surface area (Å²) in [5.74, 6) is -0.528. The molecule has 2 rings (SSSR count). The molecule has 0 aliphatic heterocycles. The predicted molar refractivity (Wildman–Crippen MR) is 82.2 cm³/mol. The van der Waals surface area contributed by atoms with Crippen molar-refractivity contribution in [3.8, 4) is 0 Å². The zero-order valence-electron chi connectivity index (χ0n) is 13.2. The van der Waals surface area contributed by atoms with Crippen LogP contribution in [0.25, 0.3) is 0 Å². The van der Waals surface area contributed by atoms with Crippen molar-refractivity contribution in [1.29, 1.82) is 0 Å². The molecule has 0 aromatic carbocycles. The molecule has 2 aliphatic rings. The first-order valence-electron chi connectivity index (χ1n) is 8.46. The molecule has 22 heavy (non-hydrogen) atoms. The van der Waals surface area contributed by atoms with Crippen molar-refractivity contribution in [2.75, 3.05) is 6.61 Å². The number of aliphatic hydroxyl groups excluding tert-OH is 1. The minimum Gasteiger partial charge on any atom is -0.457 e. The quantitative estimate of drug-likeness (QED) is 0.403. The average Bonchev–Trinajstić information content (AvgIpc) is 3.20. The van der Waals surface area contributed by atoms with E-state index in [0.717, 1.165) is 31.8 Å². The monoisotopic (exact) mass is 312 g/mol. The van der Waals surface area contributed by atoms with Gasteiger partial charge >= 0.3 is 5.97 Å². The van der Waals surface area contributed by atoms with Gasteiger partial charge in [-0.05, 0) is 25.7 Å². The van der Waals surface area contributed by atoms with Crippen LogP contribution < -0.4 is 0 Å². The number of hydrogen-bond donors (Lipinski definition) is 1. The molecule has 126 valence electrons. The average molecular weight is 312 g/mol. The summed E-state index contributed by atoms with van der Waals surface area (Å²) in [6, 6.07) is 0. The Kier molecular flexibility index (Phi) is 7.36. The molecule has 2 saturated carbocycles. The van der Waals surface area contributed by atoms with E-state index in [-0.39, 0.29) is 18.8 Å². The summed E-state index contributed by atoms with van der Waals surface area (Å²) in [6.45, 7) is 3.14. The van der Waals surface area contributed by atoms with Crippen molar-refractivity contribution in [2.24, 2.45) is 0 Å². The number of ether oxygens (including phenoxy) is 3. The van der Waals surface area contributed by atoms with Gasteiger partial charge in [-0.15, -0.1) is 0 Å². The lowest BCUT2D eigenvalue weighted by Crippen LogP contribution is -2.33. The highest BCUT2D eigenvalue weighted by molar-refractivity contribution is 5.81. The summed E-state index contributed by atoms with van der Waals surface area (Å²) in [5.41, 5.74) is 0. The van der Waals surface area contributed by atoms with Crippen LogP contribution in [0.1, 0.15) is 57.8 Å². The molecule has 5 heteroatoms. The first-order valence-corrected chi connectivity index (χ1v) is 8.46. The number of esters is 1. The molecule has 0 amide bonds. The Morgan fingerprint density at radius 1 is 1.09 bits per heavy atom. The lowest BCUT2D eigenvalue weighted by atomic mass is 10.2. The first-order chi connectivity index (χ1) is 10.7. The third-order valence-electron chi connectivity index (χ3n) is 4.40. The van der Waals surface area contributed by atoms with Gasteiger partial charge in [-0.2, -0.15) is 0 Å². The van der Waals surface area contributed by atoms with Gasteiger partial charge in [0.15, 0.2) is 6.29 Å². The Hall–Kier alpha value is -0.910. The van der Waals surface area contributed by atoms with Crippen LogP contribution in [0.2, 0.25) is 0 Å². The van der Waals surface area contributed by atoms with Crippen LogP contribution in [0.4, 0.5) is 0 Å². The van der Waals surface area contributed by atoms with Crippen molar-refractivity contribution < 1.29 is 24.1 Å². The molecule has 5 nitrogen and oxygen atoms in total. The topological polar surface area (TPSA) is 65.0 Å². The zero-order valence-corrected chi connectivity index (χ0v) is 13.2. The van der Waals surface area contributed by atoms with Gasteiger partial charge in [0.05, 0.1) is 18.8 Å². The number of aliphatic hydroxyl groups is 1. The van der Waals surface area contributed by atoms with Crippen LogP contribution >= 0.6 is 0 Å². The molecular weight excluding hydrogens is 284 g/mol. The fourth-order valence-electron chi connectivity index (χ4n) is 3.21. The van der Waals surface area contributed by atoms with Gasteiger partial charge in [0.25, 0.3) is 0 Å². The summed E-state index contributed by atoms with van der Waals surface area (Å²) in [6.07, 6.45) is 9.87. The van der Waals surface area contributed by atoms with E-state index in [2.05, 4.69) is 6.58 Å². The second-order valence-electron chi connectivity index (χ2n) is 6.20. The van der Waals surface area contributed by atoms with E-state index in [0.29, 0.717) is 6.42 Å². The van der Waals surface area contributed by atoms with E-state index in [9.17, 15) is 9.90 Å². The Morgan fingerprint density at radius 3 is 2.00 bits per heavy atom. The maximum atomic E-state index is 11.3. The molecule has 0 spiro atoms. The third-order valence-corrected chi connectivity index (χ3v) is 4.40. The molecule has 1 N–H and O–H groups in total. The van der Waals surface area contributed by atoms with E-state index in [1.807, 2.05) is 0 Å². The van der Waals surface area contributed by atoms with E-state index >= 15 is 0 Å². The number of carbonyl (C=O) groups excluding carboxylic acids is 1. The first kappa shape index (κ1) is 17.4. The van der Waals surface area contributed by atoms with Gasteiger partial charge in [-0.1, -0.05) is 32.3 Å². The largest absolute Gasteiger partial charge is 0.457 e. The van der Waals surface area contributed by atoms with E-state index in [1.165, 1.54) is 25.7 Å². The van der Waals surface area contributed by atoms with Gasteiger partial charge < -0.3 is 19.3 Å². The Labute approximate surface area is 132 Å².